The normalized spacial score (nSPS) is 11.1. The van der Waals surface area contributed by atoms with Crippen molar-refractivity contribution in [3.05, 3.63) is 28.8 Å². The minimum absolute atomic E-state index is 0.751. The Morgan fingerprint density at radius 2 is 1.25 bits per heavy atom. The van der Waals surface area contributed by atoms with Crippen molar-refractivity contribution in [2.45, 2.75) is 19.8 Å². The summed E-state index contributed by atoms with van der Waals surface area (Å²) in [5.74, 6) is -7.53. The zero-order valence-corrected chi connectivity index (χ0v) is 8.56. The third-order valence-electron chi connectivity index (χ3n) is 2.17. The molecule has 88 valence electrons. The van der Waals surface area contributed by atoms with E-state index in [1.165, 1.54) is 13.8 Å². The summed E-state index contributed by atoms with van der Waals surface area (Å²) >= 11 is 0. The van der Waals surface area contributed by atoms with Crippen molar-refractivity contribution < 1.29 is 27.6 Å². The highest BCUT2D eigenvalue weighted by Gasteiger charge is 2.32. The van der Waals surface area contributed by atoms with Gasteiger partial charge < -0.3 is 10.0 Å². The Morgan fingerprint density at radius 1 is 0.875 bits per heavy atom. The second kappa shape index (κ2) is 4.43. The summed E-state index contributed by atoms with van der Waals surface area (Å²) in [5.41, 5.74) is -2.17. The van der Waals surface area contributed by atoms with Gasteiger partial charge in [0, 0.05) is 5.56 Å². The van der Waals surface area contributed by atoms with Crippen molar-refractivity contribution in [1.82, 2.24) is 0 Å². The lowest BCUT2D eigenvalue weighted by Crippen LogP contribution is -2.38. The summed E-state index contributed by atoms with van der Waals surface area (Å²) in [7, 11) is -2.61. The van der Waals surface area contributed by atoms with E-state index in [9.17, 15) is 17.6 Å². The molecule has 0 radical (unpaired) electrons. The number of halogens is 4. The molecule has 0 aliphatic carbocycles. The maximum Gasteiger partial charge on any atom is 0.494 e. The van der Waals surface area contributed by atoms with E-state index in [1.807, 2.05) is 0 Å². The van der Waals surface area contributed by atoms with Gasteiger partial charge in [0.2, 0.25) is 0 Å². The van der Waals surface area contributed by atoms with Gasteiger partial charge in [0.25, 0.3) is 0 Å². The van der Waals surface area contributed by atoms with Crippen molar-refractivity contribution in [3.63, 3.8) is 0 Å². The minimum atomic E-state index is -2.61. The van der Waals surface area contributed by atoms with Gasteiger partial charge >= 0.3 is 7.12 Å². The number of hydrogen-bond donors (Lipinski definition) is 2. The summed E-state index contributed by atoms with van der Waals surface area (Å²) in [6.07, 6.45) is 0. The molecule has 2 N–H and O–H groups in total. The van der Waals surface area contributed by atoms with Crippen LogP contribution in [0.3, 0.4) is 0 Å². The molecule has 0 heterocycles. The monoisotopic (exact) mass is 236 g/mol. The molecule has 1 aromatic rings. The molecular formula is C9H9BF4O2. The van der Waals surface area contributed by atoms with Crippen LogP contribution in [0.5, 0.6) is 0 Å². The Hall–Kier alpha value is -1.08. The first-order chi connectivity index (χ1) is 7.29. The van der Waals surface area contributed by atoms with Gasteiger partial charge in [-0.25, -0.2) is 17.6 Å². The van der Waals surface area contributed by atoms with Gasteiger partial charge in [-0.2, -0.15) is 0 Å². The van der Waals surface area contributed by atoms with Crippen LogP contribution in [-0.2, 0) is 0 Å². The Labute approximate surface area is 89.7 Å². The Balaban J connectivity index is 3.63. The van der Waals surface area contributed by atoms with E-state index in [-0.39, 0.29) is 0 Å². The van der Waals surface area contributed by atoms with E-state index in [2.05, 4.69) is 0 Å². The molecular weight excluding hydrogens is 227 g/mol. The van der Waals surface area contributed by atoms with Gasteiger partial charge in [-0.3, -0.25) is 0 Å². The highest BCUT2D eigenvalue weighted by molar-refractivity contribution is 6.58. The first-order valence-electron chi connectivity index (χ1n) is 4.50. The molecule has 0 bridgehead atoms. The van der Waals surface area contributed by atoms with Crippen molar-refractivity contribution >= 4 is 12.6 Å². The minimum Gasteiger partial charge on any atom is -0.423 e. The van der Waals surface area contributed by atoms with Crippen LogP contribution in [-0.4, -0.2) is 17.2 Å². The molecule has 0 saturated heterocycles. The van der Waals surface area contributed by atoms with Crippen LogP contribution in [0.1, 0.15) is 25.3 Å². The molecule has 0 aliphatic heterocycles. The molecule has 0 amide bonds. The molecule has 0 atom stereocenters. The largest absolute Gasteiger partial charge is 0.494 e. The summed E-state index contributed by atoms with van der Waals surface area (Å²) < 4.78 is 53.0. The predicted molar refractivity (Wildman–Crippen MR) is 50.2 cm³/mol. The van der Waals surface area contributed by atoms with Crippen molar-refractivity contribution in [2.75, 3.05) is 0 Å². The summed E-state index contributed by atoms with van der Waals surface area (Å²) in [5, 5.41) is 17.2. The van der Waals surface area contributed by atoms with E-state index >= 15 is 0 Å². The van der Waals surface area contributed by atoms with Crippen LogP contribution in [0, 0.1) is 23.3 Å². The first kappa shape index (κ1) is 13.0. The zero-order chi connectivity index (χ0) is 12.6. The van der Waals surface area contributed by atoms with Gasteiger partial charge in [0.05, 0.1) is 5.46 Å². The van der Waals surface area contributed by atoms with Crippen LogP contribution in [0.2, 0.25) is 0 Å². The van der Waals surface area contributed by atoms with E-state index in [0.29, 0.717) is 0 Å². The average Bonchev–Trinajstić information content (AvgIpc) is 2.14. The topological polar surface area (TPSA) is 40.5 Å². The number of hydrogen-bond acceptors (Lipinski definition) is 2. The van der Waals surface area contributed by atoms with Crippen LogP contribution in [0.15, 0.2) is 0 Å². The molecule has 0 aromatic heterocycles. The Morgan fingerprint density at radius 3 is 1.50 bits per heavy atom. The molecule has 0 unspecified atom stereocenters. The maximum absolute atomic E-state index is 13.3. The number of benzene rings is 1. The fourth-order valence-electron chi connectivity index (χ4n) is 1.40. The van der Waals surface area contributed by atoms with Crippen molar-refractivity contribution in [3.8, 4) is 0 Å². The molecule has 7 heteroatoms. The van der Waals surface area contributed by atoms with Gasteiger partial charge in [-0.1, -0.05) is 13.8 Å². The van der Waals surface area contributed by atoms with Crippen molar-refractivity contribution in [1.29, 1.82) is 0 Å². The quantitative estimate of drug-likeness (QED) is 0.457. The fourth-order valence-corrected chi connectivity index (χ4v) is 1.40. The lowest BCUT2D eigenvalue weighted by Gasteiger charge is -2.13. The van der Waals surface area contributed by atoms with Gasteiger partial charge in [0.15, 0.2) is 23.3 Å². The van der Waals surface area contributed by atoms with Gasteiger partial charge in [-0.15, -0.1) is 0 Å². The van der Waals surface area contributed by atoms with E-state index in [1.54, 1.807) is 0 Å². The van der Waals surface area contributed by atoms with Crippen LogP contribution < -0.4 is 5.46 Å². The second-order valence-corrected chi connectivity index (χ2v) is 3.61. The molecule has 1 aromatic carbocycles. The highest BCUT2D eigenvalue weighted by atomic mass is 19.2. The van der Waals surface area contributed by atoms with E-state index < -0.39 is 47.3 Å². The van der Waals surface area contributed by atoms with Gasteiger partial charge in [0.1, 0.15) is 0 Å². The molecule has 2 nitrogen and oxygen atoms in total. The van der Waals surface area contributed by atoms with Crippen LogP contribution in [0.4, 0.5) is 17.6 Å². The lowest BCUT2D eigenvalue weighted by molar-refractivity contribution is 0.403. The maximum atomic E-state index is 13.3. The fraction of sp³-hybridized carbons (Fsp3) is 0.333. The average molecular weight is 236 g/mol. The summed E-state index contributed by atoms with van der Waals surface area (Å²) in [6.45, 7) is 2.71. The van der Waals surface area contributed by atoms with Crippen LogP contribution >= 0.6 is 0 Å². The highest BCUT2D eigenvalue weighted by Crippen LogP contribution is 2.25. The number of rotatable bonds is 2. The second-order valence-electron chi connectivity index (χ2n) is 3.61. The van der Waals surface area contributed by atoms with E-state index in [0.717, 1.165) is 0 Å². The van der Waals surface area contributed by atoms with Crippen molar-refractivity contribution in [2.24, 2.45) is 0 Å². The molecule has 16 heavy (non-hydrogen) atoms. The Kier molecular flexibility index (Phi) is 3.59. The Bertz CT molecular complexity index is 352. The zero-order valence-electron chi connectivity index (χ0n) is 8.56. The third kappa shape index (κ3) is 1.92. The SMILES string of the molecule is CC(C)c1c(F)c(F)c(B(O)O)c(F)c1F. The molecule has 0 aliphatic rings. The first-order valence-corrected chi connectivity index (χ1v) is 4.50. The summed E-state index contributed by atoms with van der Waals surface area (Å²) in [6, 6.07) is 0. The lowest BCUT2D eigenvalue weighted by atomic mass is 9.78. The summed E-state index contributed by atoms with van der Waals surface area (Å²) in [4.78, 5) is 0. The third-order valence-corrected chi connectivity index (χ3v) is 2.17. The molecule has 0 spiro atoms. The standard InChI is InChI=1S/C9H9BF4O2/c1-3(2)4-6(11)8(13)5(10(15)16)9(14)7(4)12/h3,15-16H,1-2H3. The van der Waals surface area contributed by atoms with Gasteiger partial charge in [-0.05, 0) is 5.92 Å². The smallest absolute Gasteiger partial charge is 0.423 e. The molecule has 0 fully saturated rings. The van der Waals surface area contributed by atoms with E-state index in [4.69, 9.17) is 10.0 Å². The molecule has 1 rings (SSSR count). The predicted octanol–water partition coefficient (Wildman–Crippen LogP) is 1.05. The van der Waals surface area contributed by atoms with Crippen LogP contribution in [0.25, 0.3) is 0 Å². The molecule has 0 saturated carbocycles.